The molecular weight excluding hydrogens is 352 g/mol. The zero-order valence-electron chi connectivity index (χ0n) is 12.2. The van der Waals surface area contributed by atoms with Gasteiger partial charge in [0.1, 0.15) is 0 Å². The van der Waals surface area contributed by atoms with Gasteiger partial charge in [-0.1, -0.05) is 65.2 Å². The zero-order valence-corrected chi connectivity index (χ0v) is 14.7. The van der Waals surface area contributed by atoms with E-state index in [9.17, 15) is 9.59 Å². The molecule has 0 spiro atoms. The van der Waals surface area contributed by atoms with Crippen LogP contribution in [0.1, 0.15) is 5.56 Å². The van der Waals surface area contributed by atoms with Crippen LogP contribution in [0.5, 0.6) is 0 Å². The number of nitrogens with one attached hydrogen (secondary N) is 1. The Hall–Kier alpha value is -1.58. The first-order valence-corrected chi connectivity index (χ1v) is 9.60. The summed E-state index contributed by atoms with van der Waals surface area (Å²) in [5, 5.41) is 10.8. The van der Waals surface area contributed by atoms with Gasteiger partial charge in [0, 0.05) is 6.54 Å². The van der Waals surface area contributed by atoms with Crippen molar-refractivity contribution in [2.75, 3.05) is 18.1 Å². The van der Waals surface area contributed by atoms with Crippen molar-refractivity contribution in [3.8, 4) is 0 Å². The third-order valence-corrected chi connectivity index (χ3v) is 5.84. The Bertz CT molecular complexity index is 648. The summed E-state index contributed by atoms with van der Waals surface area (Å²) in [7, 11) is 0. The summed E-state index contributed by atoms with van der Waals surface area (Å²) in [6.45, 7) is 0.610. The number of benzene rings is 1. The van der Waals surface area contributed by atoms with E-state index in [2.05, 4.69) is 15.5 Å². The Kier molecular flexibility index (Phi) is 7.37. The maximum atomic E-state index is 11.8. The number of rotatable bonds is 9. The van der Waals surface area contributed by atoms with Crippen molar-refractivity contribution < 1.29 is 9.59 Å². The Morgan fingerprint density at radius 1 is 1.09 bits per heavy atom. The van der Waals surface area contributed by atoms with Crippen molar-refractivity contribution in [1.82, 2.24) is 15.5 Å². The summed E-state index contributed by atoms with van der Waals surface area (Å²) in [5.74, 6) is 0.0491. The summed E-state index contributed by atoms with van der Waals surface area (Å²) in [6, 6.07) is 10.0. The molecule has 122 valence electrons. The molecule has 1 heterocycles. The van der Waals surface area contributed by atoms with Crippen LogP contribution in [0.4, 0.5) is 0 Å². The maximum Gasteiger partial charge on any atom is 0.230 e. The number of carbonyl (C=O) groups excluding carboxylic acids is 2. The van der Waals surface area contributed by atoms with E-state index >= 15 is 0 Å². The van der Waals surface area contributed by atoms with Gasteiger partial charge in [0.2, 0.25) is 11.8 Å². The van der Waals surface area contributed by atoms with Crippen LogP contribution in [0.3, 0.4) is 0 Å². The van der Waals surface area contributed by atoms with E-state index in [1.54, 1.807) is 0 Å². The molecule has 3 N–H and O–H groups in total. The van der Waals surface area contributed by atoms with E-state index in [4.69, 9.17) is 5.73 Å². The largest absolute Gasteiger partial charge is 0.369 e. The molecule has 1 aromatic heterocycles. The first-order chi connectivity index (χ1) is 11.1. The molecule has 0 unspecified atom stereocenters. The van der Waals surface area contributed by atoms with Crippen LogP contribution in [-0.4, -0.2) is 40.1 Å². The van der Waals surface area contributed by atoms with E-state index in [-0.39, 0.29) is 11.7 Å². The molecule has 9 heteroatoms. The summed E-state index contributed by atoms with van der Waals surface area (Å²) in [5.41, 5.74) is 6.27. The van der Waals surface area contributed by atoms with Gasteiger partial charge in [-0.25, -0.2) is 0 Å². The highest BCUT2D eigenvalue weighted by Gasteiger charge is 2.09. The standard InChI is InChI=1S/C14H16N4O2S3/c15-11(19)8-21-13-17-18-14(23-13)22-9-12(20)16-7-6-10-4-2-1-3-5-10/h1-5H,6-9H2,(H2,15,19)(H,16,20). The van der Waals surface area contributed by atoms with E-state index < -0.39 is 5.91 Å². The number of nitrogens with zero attached hydrogens (tertiary/aromatic N) is 2. The molecule has 6 nitrogen and oxygen atoms in total. The van der Waals surface area contributed by atoms with Gasteiger partial charge in [-0.05, 0) is 12.0 Å². The Balaban J connectivity index is 1.65. The molecule has 23 heavy (non-hydrogen) atoms. The highest BCUT2D eigenvalue weighted by molar-refractivity contribution is 8.03. The highest BCUT2D eigenvalue weighted by Crippen LogP contribution is 2.28. The first-order valence-electron chi connectivity index (χ1n) is 6.81. The van der Waals surface area contributed by atoms with Crippen LogP contribution < -0.4 is 11.1 Å². The molecule has 0 saturated carbocycles. The molecule has 0 bridgehead atoms. The SMILES string of the molecule is NC(=O)CSc1nnc(SCC(=O)NCCc2ccccc2)s1. The number of hydrogen-bond donors (Lipinski definition) is 2. The van der Waals surface area contributed by atoms with Crippen LogP contribution in [0.25, 0.3) is 0 Å². The normalized spacial score (nSPS) is 10.4. The van der Waals surface area contributed by atoms with Crippen LogP contribution in [0.15, 0.2) is 39.0 Å². The van der Waals surface area contributed by atoms with Crippen molar-refractivity contribution >= 4 is 46.7 Å². The topological polar surface area (TPSA) is 98.0 Å². The number of thioether (sulfide) groups is 2. The van der Waals surface area contributed by atoms with Gasteiger partial charge in [0.15, 0.2) is 8.68 Å². The second-order valence-corrected chi connectivity index (χ2v) is 7.89. The number of carbonyl (C=O) groups is 2. The van der Waals surface area contributed by atoms with Crippen molar-refractivity contribution in [2.24, 2.45) is 5.73 Å². The smallest absolute Gasteiger partial charge is 0.230 e. The molecule has 0 atom stereocenters. The van der Waals surface area contributed by atoms with E-state index in [1.807, 2.05) is 30.3 Å². The lowest BCUT2D eigenvalue weighted by Crippen LogP contribution is -2.27. The van der Waals surface area contributed by atoms with Gasteiger partial charge in [-0.3, -0.25) is 9.59 Å². The molecule has 0 aliphatic carbocycles. The van der Waals surface area contributed by atoms with Crippen LogP contribution in [-0.2, 0) is 16.0 Å². The minimum Gasteiger partial charge on any atom is -0.369 e. The van der Waals surface area contributed by atoms with Crippen molar-refractivity contribution in [3.63, 3.8) is 0 Å². The van der Waals surface area contributed by atoms with Crippen LogP contribution >= 0.6 is 34.9 Å². The minimum atomic E-state index is -0.391. The number of amides is 2. The van der Waals surface area contributed by atoms with Crippen molar-refractivity contribution in [3.05, 3.63) is 35.9 Å². The zero-order chi connectivity index (χ0) is 16.5. The third kappa shape index (κ3) is 7.02. The Morgan fingerprint density at radius 2 is 1.74 bits per heavy atom. The molecular formula is C14H16N4O2S3. The lowest BCUT2D eigenvalue weighted by molar-refractivity contribution is -0.118. The molecule has 2 aromatic rings. The van der Waals surface area contributed by atoms with Crippen LogP contribution in [0.2, 0.25) is 0 Å². The second-order valence-electron chi connectivity index (χ2n) is 4.46. The van der Waals surface area contributed by atoms with E-state index in [0.717, 1.165) is 6.42 Å². The summed E-state index contributed by atoms with van der Waals surface area (Å²) < 4.78 is 1.38. The minimum absolute atomic E-state index is 0.0347. The first kappa shape index (κ1) is 17.8. The lowest BCUT2D eigenvalue weighted by Gasteiger charge is -2.04. The predicted molar refractivity (Wildman–Crippen MR) is 93.7 cm³/mol. The van der Waals surface area contributed by atoms with Gasteiger partial charge in [-0.2, -0.15) is 0 Å². The number of primary amides is 1. The quantitative estimate of drug-likeness (QED) is 0.652. The average molecular weight is 369 g/mol. The number of hydrogen-bond acceptors (Lipinski definition) is 7. The number of nitrogens with two attached hydrogens (primary N) is 1. The number of aromatic nitrogens is 2. The van der Waals surface area contributed by atoms with Crippen molar-refractivity contribution in [1.29, 1.82) is 0 Å². The molecule has 1 aromatic carbocycles. The van der Waals surface area contributed by atoms with E-state index in [1.165, 1.54) is 40.4 Å². The summed E-state index contributed by atoms with van der Waals surface area (Å²) >= 11 is 3.94. The van der Waals surface area contributed by atoms with Gasteiger partial charge >= 0.3 is 0 Å². The average Bonchev–Trinajstić information content (AvgIpc) is 3.00. The third-order valence-electron chi connectivity index (χ3n) is 2.63. The van der Waals surface area contributed by atoms with Gasteiger partial charge in [0.25, 0.3) is 0 Å². The Labute approximate surface area is 146 Å². The Morgan fingerprint density at radius 3 is 2.39 bits per heavy atom. The predicted octanol–water partition coefficient (Wildman–Crippen LogP) is 1.57. The highest BCUT2D eigenvalue weighted by atomic mass is 32.2. The van der Waals surface area contributed by atoms with Gasteiger partial charge < -0.3 is 11.1 Å². The van der Waals surface area contributed by atoms with Gasteiger partial charge in [-0.15, -0.1) is 10.2 Å². The fourth-order valence-corrected chi connectivity index (χ4v) is 4.20. The molecule has 0 saturated heterocycles. The van der Waals surface area contributed by atoms with Gasteiger partial charge in [0.05, 0.1) is 11.5 Å². The molecule has 0 aliphatic heterocycles. The fourth-order valence-electron chi connectivity index (χ4n) is 1.62. The fraction of sp³-hybridized carbons (Fsp3) is 0.286. The van der Waals surface area contributed by atoms with E-state index in [0.29, 0.717) is 21.0 Å². The molecule has 2 rings (SSSR count). The van der Waals surface area contributed by atoms with Crippen molar-refractivity contribution in [2.45, 2.75) is 15.1 Å². The molecule has 2 amide bonds. The molecule has 0 radical (unpaired) electrons. The summed E-state index contributed by atoms with van der Waals surface area (Å²) in [4.78, 5) is 22.5. The molecule has 0 aliphatic rings. The maximum absolute atomic E-state index is 11.8. The lowest BCUT2D eigenvalue weighted by atomic mass is 10.1. The molecule has 0 fully saturated rings. The monoisotopic (exact) mass is 368 g/mol. The second kappa shape index (κ2) is 9.53. The van der Waals surface area contributed by atoms with Crippen LogP contribution in [0, 0.1) is 0 Å². The summed E-state index contributed by atoms with van der Waals surface area (Å²) in [6.07, 6.45) is 0.809.